The fourth-order valence-electron chi connectivity index (χ4n) is 3.42. The molecule has 1 aliphatic heterocycles. The van der Waals surface area contributed by atoms with E-state index in [0.717, 1.165) is 6.04 Å². The van der Waals surface area contributed by atoms with Crippen molar-refractivity contribution in [2.24, 2.45) is 5.10 Å². The van der Waals surface area contributed by atoms with E-state index in [2.05, 4.69) is 28.0 Å². The molecule has 0 aromatic carbocycles. The second-order valence-electron chi connectivity index (χ2n) is 5.76. The molecule has 0 saturated heterocycles. The Balaban J connectivity index is 1.52. The molecule has 1 radical (unpaired) electrons. The van der Waals surface area contributed by atoms with Gasteiger partial charge < -0.3 is 4.90 Å². The van der Waals surface area contributed by atoms with Crippen molar-refractivity contribution in [1.29, 1.82) is 0 Å². The fraction of sp³-hybridized carbons (Fsp3) is 0.857. The van der Waals surface area contributed by atoms with Crippen molar-refractivity contribution in [3.63, 3.8) is 0 Å². The molecule has 2 saturated carbocycles. The van der Waals surface area contributed by atoms with Gasteiger partial charge in [0.1, 0.15) is 6.34 Å². The molecule has 2 fully saturated rings. The quantitative estimate of drug-likeness (QED) is 0.730. The molecule has 95 valence electrons. The van der Waals surface area contributed by atoms with Crippen LogP contribution < -0.4 is 0 Å². The topological polar surface area (TPSA) is 18.8 Å². The maximum absolute atomic E-state index is 4.59. The van der Waals surface area contributed by atoms with Crippen molar-refractivity contribution in [2.45, 2.75) is 76.3 Å². The summed E-state index contributed by atoms with van der Waals surface area (Å²) in [6.07, 6.45) is 15.8. The first kappa shape index (κ1) is 11.4. The standard InChI is InChI=1S/C14H24N3/c1-3-7-13(8-4-1)16-11-15-17(12-16)14-9-5-2-6-10-14/h11-14H,1-10H2. The zero-order chi connectivity index (χ0) is 11.5. The lowest BCUT2D eigenvalue weighted by Gasteiger charge is -2.33. The Morgan fingerprint density at radius 3 is 2.00 bits per heavy atom. The van der Waals surface area contributed by atoms with Crippen LogP contribution in [0.1, 0.15) is 64.2 Å². The van der Waals surface area contributed by atoms with Crippen molar-refractivity contribution >= 4 is 6.34 Å². The molecule has 0 unspecified atom stereocenters. The first-order valence-corrected chi connectivity index (χ1v) is 7.38. The molecule has 0 amide bonds. The van der Waals surface area contributed by atoms with E-state index < -0.39 is 0 Å². The third kappa shape index (κ3) is 2.58. The summed E-state index contributed by atoms with van der Waals surface area (Å²) in [6, 6.07) is 1.40. The van der Waals surface area contributed by atoms with E-state index in [0.29, 0.717) is 6.04 Å². The highest BCUT2D eigenvalue weighted by Crippen LogP contribution is 2.29. The summed E-state index contributed by atoms with van der Waals surface area (Å²) in [5.74, 6) is 0. The Morgan fingerprint density at radius 1 is 0.765 bits per heavy atom. The maximum atomic E-state index is 4.59. The van der Waals surface area contributed by atoms with E-state index in [9.17, 15) is 0 Å². The molecule has 0 aromatic rings. The average Bonchev–Trinajstić information content (AvgIpc) is 2.90. The second-order valence-corrected chi connectivity index (χ2v) is 5.76. The van der Waals surface area contributed by atoms with Crippen LogP contribution in [0, 0.1) is 6.67 Å². The monoisotopic (exact) mass is 234 g/mol. The second kappa shape index (κ2) is 5.28. The predicted octanol–water partition coefficient (Wildman–Crippen LogP) is 3.33. The first-order valence-electron chi connectivity index (χ1n) is 7.38. The zero-order valence-electron chi connectivity index (χ0n) is 10.7. The first-order chi connectivity index (χ1) is 8.43. The number of rotatable bonds is 2. The van der Waals surface area contributed by atoms with Gasteiger partial charge in [-0.25, -0.2) is 0 Å². The minimum atomic E-state index is 0.675. The smallest absolute Gasteiger partial charge is 0.160 e. The zero-order valence-corrected chi connectivity index (χ0v) is 10.7. The lowest BCUT2D eigenvalue weighted by atomic mass is 9.94. The minimum Gasteiger partial charge on any atom is -0.333 e. The van der Waals surface area contributed by atoms with Crippen molar-refractivity contribution < 1.29 is 0 Å². The van der Waals surface area contributed by atoms with Gasteiger partial charge in [-0.05, 0) is 25.7 Å². The Labute approximate surface area is 105 Å². The summed E-state index contributed by atoms with van der Waals surface area (Å²) in [5.41, 5.74) is 0. The Kier molecular flexibility index (Phi) is 3.53. The molecule has 0 bridgehead atoms. The highest BCUT2D eigenvalue weighted by atomic mass is 15.6. The number of hydrogen-bond donors (Lipinski definition) is 0. The van der Waals surface area contributed by atoms with E-state index in [4.69, 9.17) is 0 Å². The van der Waals surface area contributed by atoms with Crippen LogP contribution >= 0.6 is 0 Å². The molecule has 1 heterocycles. The van der Waals surface area contributed by atoms with E-state index in [1.165, 1.54) is 64.2 Å². The van der Waals surface area contributed by atoms with Crippen molar-refractivity contribution in [3.8, 4) is 0 Å². The molecular formula is C14H24N3. The van der Waals surface area contributed by atoms with Crippen LogP contribution in [-0.4, -0.2) is 28.3 Å². The van der Waals surface area contributed by atoms with E-state index in [-0.39, 0.29) is 0 Å². The van der Waals surface area contributed by atoms with E-state index >= 15 is 0 Å². The van der Waals surface area contributed by atoms with Crippen LogP contribution in [0.25, 0.3) is 0 Å². The lowest BCUT2D eigenvalue weighted by Crippen LogP contribution is -2.36. The van der Waals surface area contributed by atoms with Crippen LogP contribution in [-0.2, 0) is 0 Å². The summed E-state index contributed by atoms with van der Waals surface area (Å²) < 4.78 is 0. The summed E-state index contributed by atoms with van der Waals surface area (Å²) >= 11 is 0. The molecule has 0 aromatic heterocycles. The summed E-state index contributed by atoms with van der Waals surface area (Å²) in [6.45, 7) is 2.27. The van der Waals surface area contributed by atoms with Crippen molar-refractivity contribution in [1.82, 2.24) is 9.91 Å². The maximum Gasteiger partial charge on any atom is 0.160 e. The van der Waals surface area contributed by atoms with Gasteiger partial charge in [0.15, 0.2) is 6.67 Å². The van der Waals surface area contributed by atoms with Gasteiger partial charge in [0.25, 0.3) is 0 Å². The molecule has 0 spiro atoms. The minimum absolute atomic E-state index is 0.675. The predicted molar refractivity (Wildman–Crippen MR) is 70.2 cm³/mol. The van der Waals surface area contributed by atoms with Gasteiger partial charge in [-0.3, -0.25) is 5.01 Å². The SMILES string of the molecule is [CH]1N(C2CCCCC2)C=NN1C1CCCCC1. The third-order valence-electron chi connectivity index (χ3n) is 4.52. The van der Waals surface area contributed by atoms with Crippen molar-refractivity contribution in [3.05, 3.63) is 6.67 Å². The number of hydrazone groups is 1. The van der Waals surface area contributed by atoms with Gasteiger partial charge >= 0.3 is 0 Å². The van der Waals surface area contributed by atoms with Gasteiger partial charge in [-0.1, -0.05) is 38.5 Å². The molecule has 0 atom stereocenters. The lowest BCUT2D eigenvalue weighted by molar-refractivity contribution is 0.163. The molecule has 3 heteroatoms. The average molecular weight is 234 g/mol. The Morgan fingerprint density at radius 2 is 1.35 bits per heavy atom. The largest absolute Gasteiger partial charge is 0.333 e. The Bertz CT molecular complexity index is 239. The molecule has 0 N–H and O–H groups in total. The summed E-state index contributed by atoms with van der Waals surface area (Å²) in [5, 5.41) is 6.82. The van der Waals surface area contributed by atoms with Crippen LogP contribution in [0.2, 0.25) is 0 Å². The highest BCUT2D eigenvalue weighted by Gasteiger charge is 2.29. The van der Waals surface area contributed by atoms with E-state index in [1.807, 2.05) is 0 Å². The number of hydrogen-bond acceptors (Lipinski definition) is 3. The normalized spacial score (nSPS) is 28.0. The van der Waals surface area contributed by atoms with Gasteiger partial charge in [0.05, 0.1) is 0 Å². The van der Waals surface area contributed by atoms with Crippen molar-refractivity contribution in [2.75, 3.05) is 0 Å². The highest BCUT2D eigenvalue weighted by molar-refractivity contribution is 5.58. The van der Waals surface area contributed by atoms with Crippen LogP contribution in [0.15, 0.2) is 5.10 Å². The van der Waals surface area contributed by atoms with Gasteiger partial charge in [0.2, 0.25) is 0 Å². The molecule has 3 rings (SSSR count). The molecule has 3 aliphatic rings. The number of nitrogens with zero attached hydrogens (tertiary/aromatic N) is 3. The Hall–Kier alpha value is -0.730. The van der Waals surface area contributed by atoms with Gasteiger partial charge in [-0.2, -0.15) is 5.10 Å². The molecule has 3 nitrogen and oxygen atoms in total. The summed E-state index contributed by atoms with van der Waals surface area (Å²) in [7, 11) is 0. The summed E-state index contributed by atoms with van der Waals surface area (Å²) in [4.78, 5) is 2.37. The molecule has 2 aliphatic carbocycles. The van der Waals surface area contributed by atoms with Crippen LogP contribution in [0.3, 0.4) is 0 Å². The van der Waals surface area contributed by atoms with E-state index in [1.54, 1.807) is 0 Å². The molecular weight excluding hydrogens is 210 g/mol. The van der Waals surface area contributed by atoms with Gasteiger partial charge in [-0.15, -0.1) is 0 Å². The van der Waals surface area contributed by atoms with Crippen LogP contribution in [0.5, 0.6) is 0 Å². The molecule has 17 heavy (non-hydrogen) atoms. The third-order valence-corrected chi connectivity index (χ3v) is 4.52. The van der Waals surface area contributed by atoms with Gasteiger partial charge in [0, 0.05) is 12.1 Å². The fourth-order valence-corrected chi connectivity index (χ4v) is 3.42. The van der Waals surface area contributed by atoms with Crippen LogP contribution in [0.4, 0.5) is 0 Å².